The third-order valence-electron chi connectivity index (χ3n) is 2.75. The Bertz CT molecular complexity index is 820. The second-order valence-corrected chi connectivity index (χ2v) is 6.18. The summed E-state index contributed by atoms with van der Waals surface area (Å²) in [4.78, 5) is 19.7. The zero-order valence-electron chi connectivity index (χ0n) is 10.6. The highest BCUT2D eigenvalue weighted by Gasteiger charge is 2.13. The Kier molecular flexibility index (Phi) is 3.85. The fourth-order valence-corrected chi connectivity index (χ4v) is 3.80. The van der Waals surface area contributed by atoms with Gasteiger partial charge in [0.1, 0.15) is 17.2 Å². The molecule has 0 aliphatic carbocycles. The molecule has 7 heteroatoms. The lowest BCUT2D eigenvalue weighted by molar-refractivity contribution is -0.133. The van der Waals surface area contributed by atoms with Crippen LogP contribution in [0.2, 0.25) is 0 Å². The molecule has 4 nitrogen and oxygen atoms in total. The molecule has 106 valence electrons. The third-order valence-corrected chi connectivity index (χ3v) is 5.02. The lowest BCUT2D eigenvalue weighted by atomic mass is 10.2. The Labute approximate surface area is 127 Å². The van der Waals surface area contributed by atoms with Crippen LogP contribution in [-0.2, 0) is 4.79 Å². The van der Waals surface area contributed by atoms with Crippen molar-refractivity contribution in [1.29, 1.82) is 0 Å². The summed E-state index contributed by atoms with van der Waals surface area (Å²) < 4.78 is 14.6. The first kappa shape index (κ1) is 14.0. The monoisotopic (exact) mass is 320 g/mol. The molecule has 0 unspecified atom stereocenters. The number of carbonyl (C=O) groups is 1. The lowest BCUT2D eigenvalue weighted by Crippen LogP contribution is -1.98. The lowest BCUT2D eigenvalue weighted by Gasteiger charge is -1.98. The van der Waals surface area contributed by atoms with Gasteiger partial charge in [0, 0.05) is 10.4 Å². The number of benzene rings is 1. The molecule has 0 fully saturated rings. The highest BCUT2D eigenvalue weighted by molar-refractivity contribution is 8.00. The molecule has 0 aliphatic rings. The first-order chi connectivity index (χ1) is 10.1. The molecule has 2 heterocycles. The van der Waals surface area contributed by atoms with Crippen molar-refractivity contribution in [1.82, 2.24) is 9.97 Å². The molecule has 21 heavy (non-hydrogen) atoms. The molecular formula is C14H9FN2O2S2. The van der Waals surface area contributed by atoms with Gasteiger partial charge >= 0.3 is 5.97 Å². The number of aromatic nitrogens is 2. The van der Waals surface area contributed by atoms with Crippen molar-refractivity contribution in [2.45, 2.75) is 5.03 Å². The zero-order valence-corrected chi connectivity index (χ0v) is 12.2. The maximum atomic E-state index is 13.8. The van der Waals surface area contributed by atoms with Crippen LogP contribution in [0.25, 0.3) is 20.7 Å². The van der Waals surface area contributed by atoms with Crippen LogP contribution in [0.3, 0.4) is 0 Å². The van der Waals surface area contributed by atoms with Crippen LogP contribution < -0.4 is 0 Å². The van der Waals surface area contributed by atoms with Crippen LogP contribution in [0.4, 0.5) is 4.39 Å². The van der Waals surface area contributed by atoms with Crippen LogP contribution in [0.1, 0.15) is 0 Å². The Morgan fingerprint density at radius 3 is 2.90 bits per heavy atom. The predicted octanol–water partition coefficient (Wildman–Crippen LogP) is 3.67. The van der Waals surface area contributed by atoms with Crippen LogP contribution >= 0.6 is 23.1 Å². The van der Waals surface area contributed by atoms with E-state index < -0.39 is 5.97 Å². The van der Waals surface area contributed by atoms with E-state index in [-0.39, 0.29) is 11.6 Å². The Morgan fingerprint density at radius 1 is 1.33 bits per heavy atom. The van der Waals surface area contributed by atoms with Crippen molar-refractivity contribution in [3.05, 3.63) is 42.5 Å². The van der Waals surface area contributed by atoms with Gasteiger partial charge in [0.2, 0.25) is 0 Å². The van der Waals surface area contributed by atoms with Gasteiger partial charge < -0.3 is 5.11 Å². The predicted molar refractivity (Wildman–Crippen MR) is 81.2 cm³/mol. The first-order valence-electron chi connectivity index (χ1n) is 5.99. The van der Waals surface area contributed by atoms with Gasteiger partial charge in [0.05, 0.1) is 16.0 Å². The smallest absolute Gasteiger partial charge is 0.313 e. The minimum atomic E-state index is -0.905. The van der Waals surface area contributed by atoms with Crippen LogP contribution in [0.15, 0.2) is 41.7 Å². The van der Waals surface area contributed by atoms with E-state index >= 15 is 0 Å². The number of thioether (sulfide) groups is 1. The van der Waals surface area contributed by atoms with Crippen molar-refractivity contribution >= 4 is 39.3 Å². The molecule has 0 atom stereocenters. The molecular weight excluding hydrogens is 311 g/mol. The molecule has 3 rings (SSSR count). The van der Waals surface area contributed by atoms with Gasteiger partial charge in [0.25, 0.3) is 0 Å². The number of halogens is 1. The maximum absolute atomic E-state index is 13.8. The summed E-state index contributed by atoms with van der Waals surface area (Å²) in [6, 6.07) is 8.32. The fraction of sp³-hybridized carbons (Fsp3) is 0.0714. The number of hydrogen-bond donors (Lipinski definition) is 1. The van der Waals surface area contributed by atoms with E-state index in [0.717, 1.165) is 21.3 Å². The normalized spacial score (nSPS) is 10.9. The summed E-state index contributed by atoms with van der Waals surface area (Å²) >= 11 is 2.50. The molecule has 0 amide bonds. The van der Waals surface area contributed by atoms with Crippen molar-refractivity contribution in [2.75, 3.05) is 5.75 Å². The van der Waals surface area contributed by atoms with Gasteiger partial charge in [-0.1, -0.05) is 30.0 Å². The second-order valence-electron chi connectivity index (χ2n) is 4.17. The van der Waals surface area contributed by atoms with E-state index in [2.05, 4.69) is 9.97 Å². The highest BCUT2D eigenvalue weighted by Crippen LogP contribution is 2.37. The third kappa shape index (κ3) is 2.88. The molecule has 3 aromatic rings. The van der Waals surface area contributed by atoms with Gasteiger partial charge in [-0.15, -0.1) is 11.3 Å². The van der Waals surface area contributed by atoms with Gasteiger partial charge in [0.15, 0.2) is 0 Å². The average Bonchev–Trinajstić information content (AvgIpc) is 2.89. The van der Waals surface area contributed by atoms with E-state index in [4.69, 9.17) is 5.11 Å². The number of aliphatic carboxylic acids is 1. The summed E-state index contributed by atoms with van der Waals surface area (Å²) in [5, 5.41) is 9.36. The number of carboxylic acids is 1. The number of hydrogen-bond acceptors (Lipinski definition) is 5. The molecule has 0 radical (unpaired) electrons. The van der Waals surface area contributed by atoms with Crippen molar-refractivity contribution < 1.29 is 14.3 Å². The number of rotatable bonds is 4. The highest BCUT2D eigenvalue weighted by atomic mass is 32.2. The quantitative estimate of drug-likeness (QED) is 0.587. The SMILES string of the molecule is O=C(O)CSc1ncnc2cc(-c3ccccc3F)sc12. The molecule has 0 aliphatic heterocycles. The number of carboxylic acid groups (broad SMARTS) is 1. The molecule has 0 saturated heterocycles. The molecule has 1 N–H and O–H groups in total. The minimum Gasteiger partial charge on any atom is -0.481 e. The Hall–Kier alpha value is -1.99. The summed E-state index contributed by atoms with van der Waals surface area (Å²) in [5.74, 6) is -1.27. The number of fused-ring (bicyclic) bond motifs is 1. The van der Waals surface area contributed by atoms with Gasteiger partial charge in [-0.3, -0.25) is 4.79 Å². The first-order valence-corrected chi connectivity index (χ1v) is 7.79. The van der Waals surface area contributed by atoms with E-state index in [1.165, 1.54) is 23.7 Å². The van der Waals surface area contributed by atoms with Crippen LogP contribution in [0.5, 0.6) is 0 Å². The van der Waals surface area contributed by atoms with Gasteiger partial charge in [-0.05, 0) is 12.1 Å². The zero-order chi connectivity index (χ0) is 14.8. The summed E-state index contributed by atoms with van der Waals surface area (Å²) in [5.41, 5.74) is 1.20. The van der Waals surface area contributed by atoms with Crippen molar-refractivity contribution in [3.8, 4) is 10.4 Å². The van der Waals surface area contributed by atoms with E-state index in [9.17, 15) is 9.18 Å². The second kappa shape index (κ2) is 5.79. The van der Waals surface area contributed by atoms with E-state index in [0.29, 0.717) is 16.1 Å². The molecule has 0 saturated carbocycles. The molecule has 0 spiro atoms. The Morgan fingerprint density at radius 2 is 2.14 bits per heavy atom. The molecule has 0 bridgehead atoms. The topological polar surface area (TPSA) is 63.1 Å². The van der Waals surface area contributed by atoms with E-state index in [1.54, 1.807) is 24.3 Å². The number of nitrogens with zero attached hydrogens (tertiary/aromatic N) is 2. The van der Waals surface area contributed by atoms with Crippen LogP contribution in [0, 0.1) is 5.82 Å². The summed E-state index contributed by atoms with van der Waals surface area (Å²) in [6.45, 7) is 0. The summed E-state index contributed by atoms with van der Waals surface area (Å²) in [7, 11) is 0. The van der Waals surface area contributed by atoms with E-state index in [1.807, 2.05) is 0 Å². The van der Waals surface area contributed by atoms with Crippen molar-refractivity contribution in [3.63, 3.8) is 0 Å². The maximum Gasteiger partial charge on any atom is 0.313 e. The average molecular weight is 320 g/mol. The fourth-order valence-electron chi connectivity index (χ4n) is 1.86. The van der Waals surface area contributed by atoms with Crippen molar-refractivity contribution in [2.24, 2.45) is 0 Å². The Balaban J connectivity index is 2.06. The largest absolute Gasteiger partial charge is 0.481 e. The molecule has 1 aromatic carbocycles. The molecule has 2 aromatic heterocycles. The standard InChI is InChI=1S/C14H9FN2O2S2/c15-9-4-2-1-3-8(9)11-5-10-13(21-11)14(17-7-16-10)20-6-12(18)19/h1-5,7H,6H2,(H,18,19). The number of thiophene rings is 1. The minimum absolute atomic E-state index is 0.0704. The van der Waals surface area contributed by atoms with Crippen LogP contribution in [-0.4, -0.2) is 26.8 Å². The van der Waals surface area contributed by atoms with Gasteiger partial charge in [-0.25, -0.2) is 14.4 Å². The summed E-state index contributed by atoms with van der Waals surface area (Å²) in [6.07, 6.45) is 1.39. The van der Waals surface area contributed by atoms with Gasteiger partial charge in [-0.2, -0.15) is 0 Å².